The number of aryl methyl sites for hydroxylation is 1. The highest BCUT2D eigenvalue weighted by Crippen LogP contribution is 2.36. The predicted octanol–water partition coefficient (Wildman–Crippen LogP) is 2.30. The molecule has 0 aromatic heterocycles. The van der Waals surface area contributed by atoms with Gasteiger partial charge in [-0.05, 0) is 49.8 Å². The molecule has 0 radical (unpaired) electrons. The van der Waals surface area contributed by atoms with Crippen LogP contribution in [0.4, 0.5) is 0 Å². The third kappa shape index (κ3) is 2.85. The maximum atomic E-state index is 6.02. The van der Waals surface area contributed by atoms with Gasteiger partial charge in [0.15, 0.2) is 0 Å². The quantitative estimate of drug-likeness (QED) is 0.890. The Kier molecular flexibility index (Phi) is 4.25. The summed E-state index contributed by atoms with van der Waals surface area (Å²) in [6.07, 6.45) is 3.07. The standard InChI is InChI=1S/C15H23NO2/c1-12-3-4-14(17-2)13(9-12)10-15(11-16)5-7-18-8-6-15/h3-4,9H,5-8,10-11,16H2,1-2H3. The van der Waals surface area contributed by atoms with Crippen LogP contribution in [0.25, 0.3) is 0 Å². The van der Waals surface area contributed by atoms with Gasteiger partial charge in [-0.15, -0.1) is 0 Å². The van der Waals surface area contributed by atoms with E-state index in [1.54, 1.807) is 7.11 Å². The van der Waals surface area contributed by atoms with Crippen LogP contribution in [0.3, 0.4) is 0 Å². The zero-order chi connectivity index (χ0) is 13.0. The van der Waals surface area contributed by atoms with E-state index in [4.69, 9.17) is 15.2 Å². The van der Waals surface area contributed by atoms with E-state index in [1.807, 2.05) is 6.07 Å². The van der Waals surface area contributed by atoms with Gasteiger partial charge >= 0.3 is 0 Å². The number of nitrogens with two attached hydrogens (primary N) is 1. The number of methoxy groups -OCH3 is 1. The Morgan fingerprint density at radius 1 is 1.33 bits per heavy atom. The van der Waals surface area contributed by atoms with Crippen LogP contribution in [0.2, 0.25) is 0 Å². The second-order valence-electron chi connectivity index (χ2n) is 5.31. The van der Waals surface area contributed by atoms with Crippen molar-refractivity contribution in [2.75, 3.05) is 26.9 Å². The summed E-state index contributed by atoms with van der Waals surface area (Å²) in [6.45, 7) is 4.48. The summed E-state index contributed by atoms with van der Waals surface area (Å²) in [5.74, 6) is 0.972. The van der Waals surface area contributed by atoms with Crippen LogP contribution in [0, 0.1) is 12.3 Å². The molecule has 1 saturated heterocycles. The average molecular weight is 249 g/mol. The molecule has 2 rings (SSSR count). The van der Waals surface area contributed by atoms with Gasteiger partial charge in [0.05, 0.1) is 7.11 Å². The highest BCUT2D eigenvalue weighted by atomic mass is 16.5. The molecule has 0 amide bonds. The number of ether oxygens (including phenoxy) is 2. The van der Waals surface area contributed by atoms with Crippen LogP contribution in [-0.2, 0) is 11.2 Å². The fourth-order valence-corrected chi connectivity index (χ4v) is 2.71. The van der Waals surface area contributed by atoms with Crippen molar-refractivity contribution in [2.45, 2.75) is 26.2 Å². The van der Waals surface area contributed by atoms with Gasteiger partial charge in [0.25, 0.3) is 0 Å². The minimum Gasteiger partial charge on any atom is -0.496 e. The van der Waals surface area contributed by atoms with Gasteiger partial charge < -0.3 is 15.2 Å². The van der Waals surface area contributed by atoms with Gasteiger partial charge in [0.1, 0.15) is 5.75 Å². The summed E-state index contributed by atoms with van der Waals surface area (Å²) in [5.41, 5.74) is 8.74. The lowest BCUT2D eigenvalue weighted by Gasteiger charge is -2.36. The topological polar surface area (TPSA) is 44.5 Å². The summed E-state index contributed by atoms with van der Waals surface area (Å²) >= 11 is 0. The highest BCUT2D eigenvalue weighted by molar-refractivity contribution is 5.37. The maximum Gasteiger partial charge on any atom is 0.122 e. The third-order valence-electron chi connectivity index (χ3n) is 3.99. The molecule has 0 spiro atoms. The van der Waals surface area contributed by atoms with Gasteiger partial charge in [0.2, 0.25) is 0 Å². The number of hydrogen-bond acceptors (Lipinski definition) is 3. The molecule has 0 aliphatic carbocycles. The molecule has 1 fully saturated rings. The Balaban J connectivity index is 2.23. The lowest BCUT2D eigenvalue weighted by atomic mass is 9.75. The van der Waals surface area contributed by atoms with E-state index in [0.29, 0.717) is 6.54 Å². The Morgan fingerprint density at radius 2 is 2.06 bits per heavy atom. The molecule has 100 valence electrons. The first-order chi connectivity index (χ1) is 8.69. The fraction of sp³-hybridized carbons (Fsp3) is 0.600. The molecule has 1 aliphatic heterocycles. The van der Waals surface area contributed by atoms with Crippen molar-refractivity contribution >= 4 is 0 Å². The Hall–Kier alpha value is -1.06. The van der Waals surface area contributed by atoms with Crippen molar-refractivity contribution in [2.24, 2.45) is 11.1 Å². The largest absolute Gasteiger partial charge is 0.496 e. The molecule has 0 saturated carbocycles. The van der Waals surface area contributed by atoms with Crippen LogP contribution in [-0.4, -0.2) is 26.9 Å². The van der Waals surface area contributed by atoms with Crippen molar-refractivity contribution in [3.05, 3.63) is 29.3 Å². The summed E-state index contributed by atoms with van der Waals surface area (Å²) in [4.78, 5) is 0. The minimum atomic E-state index is 0.180. The van der Waals surface area contributed by atoms with Gasteiger partial charge in [-0.2, -0.15) is 0 Å². The first-order valence-corrected chi connectivity index (χ1v) is 6.60. The molecule has 0 unspecified atom stereocenters. The van der Waals surface area contributed by atoms with E-state index in [0.717, 1.165) is 38.2 Å². The molecular formula is C15H23NO2. The number of rotatable bonds is 4. The van der Waals surface area contributed by atoms with Gasteiger partial charge in [-0.3, -0.25) is 0 Å². The van der Waals surface area contributed by atoms with Crippen LogP contribution < -0.4 is 10.5 Å². The van der Waals surface area contributed by atoms with Crippen molar-refractivity contribution in [3.63, 3.8) is 0 Å². The van der Waals surface area contributed by atoms with E-state index in [2.05, 4.69) is 19.1 Å². The third-order valence-corrected chi connectivity index (χ3v) is 3.99. The Bertz CT molecular complexity index is 397. The van der Waals surface area contributed by atoms with Crippen LogP contribution >= 0.6 is 0 Å². The van der Waals surface area contributed by atoms with Crippen molar-refractivity contribution < 1.29 is 9.47 Å². The molecule has 1 aliphatic rings. The second-order valence-corrected chi connectivity index (χ2v) is 5.31. The average Bonchev–Trinajstić information content (AvgIpc) is 2.40. The van der Waals surface area contributed by atoms with Crippen molar-refractivity contribution in [1.29, 1.82) is 0 Å². The van der Waals surface area contributed by atoms with Crippen molar-refractivity contribution in [1.82, 2.24) is 0 Å². The first-order valence-electron chi connectivity index (χ1n) is 6.60. The molecule has 2 N–H and O–H groups in total. The minimum absolute atomic E-state index is 0.180. The molecular weight excluding hydrogens is 226 g/mol. The molecule has 1 aromatic carbocycles. The number of hydrogen-bond donors (Lipinski definition) is 1. The zero-order valence-corrected chi connectivity index (χ0v) is 11.4. The predicted molar refractivity (Wildman–Crippen MR) is 73.0 cm³/mol. The van der Waals surface area contributed by atoms with Crippen molar-refractivity contribution in [3.8, 4) is 5.75 Å². The lowest BCUT2D eigenvalue weighted by molar-refractivity contribution is 0.0189. The Morgan fingerprint density at radius 3 is 2.67 bits per heavy atom. The van der Waals surface area contributed by atoms with Gasteiger partial charge in [0, 0.05) is 13.2 Å². The maximum absolute atomic E-state index is 6.02. The van der Waals surface area contributed by atoms with E-state index >= 15 is 0 Å². The van der Waals surface area contributed by atoms with Crippen LogP contribution in [0.1, 0.15) is 24.0 Å². The van der Waals surface area contributed by atoms with E-state index in [9.17, 15) is 0 Å². The van der Waals surface area contributed by atoms with Gasteiger partial charge in [-0.1, -0.05) is 17.7 Å². The molecule has 18 heavy (non-hydrogen) atoms. The first kappa shape index (κ1) is 13.4. The van der Waals surface area contributed by atoms with E-state index < -0.39 is 0 Å². The molecule has 1 aromatic rings. The van der Waals surface area contributed by atoms with E-state index in [1.165, 1.54) is 11.1 Å². The molecule has 3 nitrogen and oxygen atoms in total. The monoisotopic (exact) mass is 249 g/mol. The zero-order valence-electron chi connectivity index (χ0n) is 11.4. The fourth-order valence-electron chi connectivity index (χ4n) is 2.71. The number of benzene rings is 1. The molecule has 1 heterocycles. The van der Waals surface area contributed by atoms with Gasteiger partial charge in [-0.25, -0.2) is 0 Å². The lowest BCUT2D eigenvalue weighted by Crippen LogP contribution is -2.38. The van der Waals surface area contributed by atoms with Crippen LogP contribution in [0.5, 0.6) is 5.75 Å². The molecule has 0 bridgehead atoms. The normalized spacial score (nSPS) is 18.6. The SMILES string of the molecule is COc1ccc(C)cc1CC1(CN)CCOCC1. The van der Waals surface area contributed by atoms with Crippen LogP contribution in [0.15, 0.2) is 18.2 Å². The summed E-state index contributed by atoms with van der Waals surface area (Å²) in [6, 6.07) is 6.35. The van der Waals surface area contributed by atoms with E-state index in [-0.39, 0.29) is 5.41 Å². The summed E-state index contributed by atoms with van der Waals surface area (Å²) in [5, 5.41) is 0. The second kappa shape index (κ2) is 5.72. The molecule has 0 atom stereocenters. The summed E-state index contributed by atoms with van der Waals surface area (Å²) < 4.78 is 10.9. The Labute approximate surface area is 109 Å². The smallest absolute Gasteiger partial charge is 0.122 e. The summed E-state index contributed by atoms with van der Waals surface area (Å²) in [7, 11) is 1.73. The molecule has 3 heteroatoms. The highest BCUT2D eigenvalue weighted by Gasteiger charge is 2.32.